The number of nitrogens with zero attached hydrogens (tertiary/aromatic N) is 2. The molecular formula is C24H36BrClN8O3. The molecule has 0 aliphatic heterocycles. The fourth-order valence-corrected chi connectivity index (χ4v) is 3.91. The smallest absolute Gasteiger partial charge is 0.273 e. The molecule has 1 aromatic heterocycles. The van der Waals surface area contributed by atoms with Crippen molar-refractivity contribution in [1.82, 2.24) is 31.2 Å². The number of amides is 2. The van der Waals surface area contributed by atoms with E-state index in [0.717, 1.165) is 11.1 Å². The van der Waals surface area contributed by atoms with E-state index in [1.807, 2.05) is 12.1 Å². The Morgan fingerprint density at radius 2 is 1.68 bits per heavy atom. The van der Waals surface area contributed by atoms with Gasteiger partial charge in [-0.2, -0.15) is 0 Å². The SMILES string of the molecule is CC(C)(C)c1cc(Br)c(O)c(CNCCNC(=O)CCCNCCNC(=O)c2nc(Cl)c(N)nc2N)c1. The summed E-state index contributed by atoms with van der Waals surface area (Å²) < 4.78 is 0.673. The molecule has 0 aliphatic rings. The fourth-order valence-electron chi connectivity index (χ4n) is 3.28. The molecular weight excluding hydrogens is 564 g/mol. The Labute approximate surface area is 230 Å². The van der Waals surface area contributed by atoms with Crippen LogP contribution in [0.5, 0.6) is 5.75 Å². The molecule has 1 aromatic carbocycles. The van der Waals surface area contributed by atoms with Crippen molar-refractivity contribution in [1.29, 1.82) is 0 Å². The van der Waals surface area contributed by atoms with E-state index >= 15 is 0 Å². The van der Waals surface area contributed by atoms with Gasteiger partial charge in [-0.05, 0) is 45.9 Å². The molecule has 0 spiro atoms. The van der Waals surface area contributed by atoms with Gasteiger partial charge in [0, 0.05) is 44.7 Å². The first-order valence-electron chi connectivity index (χ1n) is 12.0. The summed E-state index contributed by atoms with van der Waals surface area (Å²) in [4.78, 5) is 31.8. The Balaban J connectivity index is 1.56. The van der Waals surface area contributed by atoms with Crippen LogP contribution in [0.15, 0.2) is 16.6 Å². The molecule has 0 atom stereocenters. The van der Waals surface area contributed by atoms with Gasteiger partial charge in [0.2, 0.25) is 5.91 Å². The van der Waals surface area contributed by atoms with Crippen molar-refractivity contribution in [3.8, 4) is 5.75 Å². The third-order valence-electron chi connectivity index (χ3n) is 5.41. The second-order valence-corrected chi connectivity index (χ2v) is 10.7. The highest BCUT2D eigenvalue weighted by molar-refractivity contribution is 9.10. The van der Waals surface area contributed by atoms with Gasteiger partial charge in [0.15, 0.2) is 22.5 Å². The number of rotatable bonds is 13. The van der Waals surface area contributed by atoms with Gasteiger partial charge in [0.05, 0.1) is 4.47 Å². The summed E-state index contributed by atoms with van der Waals surface area (Å²) in [5.74, 6) is -0.426. The van der Waals surface area contributed by atoms with Crippen molar-refractivity contribution >= 4 is 51.0 Å². The first-order chi connectivity index (χ1) is 17.4. The number of carbonyl (C=O) groups excluding carboxylic acids is 2. The summed E-state index contributed by atoms with van der Waals surface area (Å²) in [7, 11) is 0. The van der Waals surface area contributed by atoms with Crippen LogP contribution < -0.4 is 32.7 Å². The number of phenols is 1. The number of halogens is 2. The first-order valence-corrected chi connectivity index (χ1v) is 13.1. The monoisotopic (exact) mass is 598 g/mol. The maximum absolute atomic E-state index is 12.1. The van der Waals surface area contributed by atoms with E-state index in [-0.39, 0.29) is 39.6 Å². The van der Waals surface area contributed by atoms with Crippen LogP contribution in [-0.4, -0.2) is 59.6 Å². The van der Waals surface area contributed by atoms with Gasteiger partial charge in [0.1, 0.15) is 5.75 Å². The Morgan fingerprint density at radius 1 is 1.00 bits per heavy atom. The van der Waals surface area contributed by atoms with Crippen LogP contribution in [0.4, 0.5) is 11.6 Å². The first kappa shape index (κ1) is 30.6. The number of benzene rings is 1. The zero-order valence-electron chi connectivity index (χ0n) is 21.4. The van der Waals surface area contributed by atoms with Crippen LogP contribution in [0.25, 0.3) is 0 Å². The topological polar surface area (TPSA) is 180 Å². The van der Waals surface area contributed by atoms with Crippen molar-refractivity contribution < 1.29 is 14.7 Å². The molecule has 0 radical (unpaired) electrons. The molecule has 11 nitrogen and oxygen atoms in total. The second kappa shape index (κ2) is 14.3. The molecule has 0 aliphatic carbocycles. The highest BCUT2D eigenvalue weighted by Crippen LogP contribution is 2.34. The molecule has 37 heavy (non-hydrogen) atoms. The van der Waals surface area contributed by atoms with Crippen LogP contribution in [0.3, 0.4) is 0 Å². The number of carbonyl (C=O) groups is 2. The molecule has 13 heteroatoms. The Morgan fingerprint density at radius 3 is 2.38 bits per heavy atom. The van der Waals surface area contributed by atoms with Crippen LogP contribution in [-0.2, 0) is 16.8 Å². The number of hydrogen-bond donors (Lipinski definition) is 7. The molecule has 0 fully saturated rings. The van der Waals surface area contributed by atoms with E-state index in [2.05, 4.69) is 67.9 Å². The number of nitrogens with one attached hydrogen (secondary N) is 4. The fraction of sp³-hybridized carbons (Fsp3) is 0.500. The average molecular weight is 600 g/mol. The van der Waals surface area contributed by atoms with Crippen LogP contribution >= 0.6 is 27.5 Å². The number of hydrogen-bond acceptors (Lipinski definition) is 9. The van der Waals surface area contributed by atoms with Crippen molar-refractivity contribution in [3.63, 3.8) is 0 Å². The largest absolute Gasteiger partial charge is 0.506 e. The van der Waals surface area contributed by atoms with E-state index in [0.29, 0.717) is 56.6 Å². The third-order valence-corrected chi connectivity index (χ3v) is 6.30. The van der Waals surface area contributed by atoms with Crippen LogP contribution in [0, 0.1) is 0 Å². The predicted octanol–water partition coefficient (Wildman–Crippen LogP) is 2.07. The van der Waals surface area contributed by atoms with E-state index in [1.54, 1.807) is 0 Å². The van der Waals surface area contributed by atoms with Crippen LogP contribution in [0.2, 0.25) is 5.15 Å². The summed E-state index contributed by atoms with van der Waals surface area (Å²) in [6.07, 6.45) is 1.04. The third kappa shape index (κ3) is 9.95. The molecule has 9 N–H and O–H groups in total. The lowest BCUT2D eigenvalue weighted by Crippen LogP contribution is -2.34. The summed E-state index contributed by atoms with van der Waals surface area (Å²) in [5, 5.41) is 22.2. The van der Waals surface area contributed by atoms with E-state index in [1.165, 1.54) is 0 Å². The molecule has 2 aromatic rings. The lowest BCUT2D eigenvalue weighted by molar-refractivity contribution is -0.121. The average Bonchev–Trinajstić information content (AvgIpc) is 2.82. The summed E-state index contributed by atoms with van der Waals surface area (Å²) in [6.45, 7) is 9.39. The second-order valence-electron chi connectivity index (χ2n) is 9.49. The molecule has 204 valence electrons. The molecule has 1 heterocycles. The lowest BCUT2D eigenvalue weighted by Gasteiger charge is -2.21. The Kier molecular flexibility index (Phi) is 11.8. The predicted molar refractivity (Wildman–Crippen MR) is 150 cm³/mol. The molecule has 0 saturated carbocycles. The van der Waals surface area contributed by atoms with Gasteiger partial charge in [0.25, 0.3) is 5.91 Å². The summed E-state index contributed by atoms with van der Waals surface area (Å²) >= 11 is 9.20. The minimum atomic E-state index is -0.494. The molecule has 0 bridgehead atoms. The number of phenolic OH excluding ortho intramolecular Hbond substituents is 1. The maximum atomic E-state index is 12.1. The Bertz CT molecular complexity index is 1090. The van der Waals surface area contributed by atoms with Gasteiger partial charge < -0.3 is 37.8 Å². The van der Waals surface area contributed by atoms with E-state index < -0.39 is 5.91 Å². The zero-order valence-corrected chi connectivity index (χ0v) is 23.7. The van der Waals surface area contributed by atoms with E-state index in [9.17, 15) is 14.7 Å². The minimum Gasteiger partial charge on any atom is -0.506 e. The van der Waals surface area contributed by atoms with Gasteiger partial charge in [-0.1, -0.05) is 38.4 Å². The van der Waals surface area contributed by atoms with Crippen molar-refractivity contribution in [2.45, 2.75) is 45.6 Å². The summed E-state index contributed by atoms with van der Waals surface area (Å²) in [6, 6.07) is 3.94. The lowest BCUT2D eigenvalue weighted by atomic mass is 9.86. The highest BCUT2D eigenvalue weighted by Gasteiger charge is 2.18. The molecule has 2 amide bonds. The number of aromatic hydroxyl groups is 1. The highest BCUT2D eigenvalue weighted by atomic mass is 79.9. The minimum absolute atomic E-state index is 0.0299. The molecule has 0 saturated heterocycles. The summed E-state index contributed by atoms with van der Waals surface area (Å²) in [5.41, 5.74) is 13.0. The van der Waals surface area contributed by atoms with Gasteiger partial charge in [-0.3, -0.25) is 9.59 Å². The van der Waals surface area contributed by atoms with Gasteiger partial charge in [-0.25, -0.2) is 9.97 Å². The number of aromatic nitrogens is 2. The zero-order chi connectivity index (χ0) is 27.6. The normalized spacial score (nSPS) is 11.4. The van der Waals surface area contributed by atoms with Crippen molar-refractivity contribution in [2.75, 3.05) is 44.2 Å². The number of nitrogens with two attached hydrogens (primary N) is 2. The number of anilines is 2. The molecule has 0 unspecified atom stereocenters. The Hall–Kier alpha value is -2.67. The maximum Gasteiger partial charge on any atom is 0.273 e. The van der Waals surface area contributed by atoms with Crippen molar-refractivity contribution in [2.24, 2.45) is 0 Å². The number of nitrogen functional groups attached to an aromatic ring is 2. The van der Waals surface area contributed by atoms with Gasteiger partial charge in [-0.15, -0.1) is 0 Å². The van der Waals surface area contributed by atoms with E-state index in [4.69, 9.17) is 23.1 Å². The standard InChI is InChI=1S/C24H36BrClN8O3/c1-24(2,3)15-11-14(19(36)16(25)12-15)13-30-8-9-31-17(35)5-4-6-29-7-10-32-23(37)18-21(27)34-22(28)20(26)33-18/h11-12,29-30,36H,4-10,13H2,1-3H3,(H,31,35)(H,32,37)(H4,27,28,34). The van der Waals surface area contributed by atoms with Crippen LogP contribution in [0.1, 0.15) is 55.2 Å². The van der Waals surface area contributed by atoms with Crippen molar-refractivity contribution in [3.05, 3.63) is 38.6 Å². The molecule has 2 rings (SSSR count). The quantitative estimate of drug-likeness (QED) is 0.170. The van der Waals surface area contributed by atoms with Gasteiger partial charge >= 0.3 is 0 Å².